The molecule has 2 unspecified atom stereocenters. The van der Waals surface area contributed by atoms with Crippen LogP contribution in [0, 0.1) is 11.8 Å². The minimum Gasteiger partial charge on any atom is -0.352 e. The number of aromatic nitrogens is 1. The highest BCUT2D eigenvalue weighted by molar-refractivity contribution is 6.00. The molecule has 118 valence electrons. The highest BCUT2D eigenvalue weighted by atomic mass is 16.2. The summed E-state index contributed by atoms with van der Waals surface area (Å²) in [5, 5.41) is 2.89. The Morgan fingerprint density at radius 2 is 1.83 bits per heavy atom. The molecule has 2 atom stereocenters. The third-order valence-corrected chi connectivity index (χ3v) is 4.13. The number of nitrogens with zero attached hydrogens (tertiary/aromatic N) is 2. The molecule has 1 aromatic carbocycles. The van der Waals surface area contributed by atoms with Crippen LogP contribution in [0.1, 0.15) is 12.0 Å². The standard InChI is InChI=1S/C18H19N3O2/c1-21(14-5-3-2-4-6-14)18(23)16-11-15(16)17(22)20-12-13-7-9-19-10-8-13/h2-10,15-16H,11-12H2,1H3,(H,20,22). The van der Waals surface area contributed by atoms with Crippen molar-refractivity contribution in [2.45, 2.75) is 13.0 Å². The quantitative estimate of drug-likeness (QED) is 0.919. The lowest BCUT2D eigenvalue weighted by molar-refractivity contribution is -0.126. The Morgan fingerprint density at radius 1 is 1.13 bits per heavy atom. The smallest absolute Gasteiger partial charge is 0.230 e. The Kier molecular flexibility index (Phi) is 4.37. The van der Waals surface area contributed by atoms with Crippen molar-refractivity contribution in [2.24, 2.45) is 11.8 Å². The second-order valence-corrected chi connectivity index (χ2v) is 5.75. The first kappa shape index (κ1) is 15.2. The van der Waals surface area contributed by atoms with E-state index in [1.165, 1.54) is 0 Å². The number of hydrogen-bond acceptors (Lipinski definition) is 3. The molecule has 5 nitrogen and oxygen atoms in total. The third-order valence-electron chi connectivity index (χ3n) is 4.13. The van der Waals surface area contributed by atoms with Crippen molar-refractivity contribution >= 4 is 17.5 Å². The number of amides is 2. The summed E-state index contributed by atoms with van der Waals surface area (Å²) in [7, 11) is 1.75. The van der Waals surface area contributed by atoms with E-state index in [9.17, 15) is 9.59 Å². The number of nitrogens with one attached hydrogen (secondary N) is 1. The van der Waals surface area contributed by atoms with Crippen LogP contribution in [0.25, 0.3) is 0 Å². The summed E-state index contributed by atoms with van der Waals surface area (Å²) in [5.74, 6) is -0.477. The highest BCUT2D eigenvalue weighted by Gasteiger charge is 2.49. The number of rotatable bonds is 5. The summed E-state index contributed by atoms with van der Waals surface area (Å²) in [5.41, 5.74) is 1.85. The fourth-order valence-electron chi connectivity index (χ4n) is 2.61. The topological polar surface area (TPSA) is 62.3 Å². The summed E-state index contributed by atoms with van der Waals surface area (Å²) in [6, 6.07) is 13.2. The van der Waals surface area contributed by atoms with Crippen molar-refractivity contribution in [1.29, 1.82) is 0 Å². The average Bonchev–Trinajstić information content (AvgIpc) is 3.41. The van der Waals surface area contributed by atoms with Crippen molar-refractivity contribution in [1.82, 2.24) is 10.3 Å². The van der Waals surface area contributed by atoms with Crippen molar-refractivity contribution in [2.75, 3.05) is 11.9 Å². The van der Waals surface area contributed by atoms with Crippen LogP contribution in [0.5, 0.6) is 0 Å². The number of hydrogen-bond donors (Lipinski definition) is 1. The van der Waals surface area contributed by atoms with Crippen LogP contribution in [0.2, 0.25) is 0 Å². The Hall–Kier alpha value is -2.69. The molecule has 0 bridgehead atoms. The van der Waals surface area contributed by atoms with Gasteiger partial charge in [-0.3, -0.25) is 14.6 Å². The first-order valence-electron chi connectivity index (χ1n) is 7.66. The van der Waals surface area contributed by atoms with Gasteiger partial charge in [-0.1, -0.05) is 18.2 Å². The predicted molar refractivity (Wildman–Crippen MR) is 87.5 cm³/mol. The maximum absolute atomic E-state index is 12.4. The highest BCUT2D eigenvalue weighted by Crippen LogP contribution is 2.40. The van der Waals surface area contributed by atoms with Gasteiger partial charge in [0.05, 0.1) is 11.8 Å². The molecule has 1 heterocycles. The van der Waals surface area contributed by atoms with Crippen LogP contribution in [0.3, 0.4) is 0 Å². The molecule has 0 saturated heterocycles. The Balaban J connectivity index is 1.52. The lowest BCUT2D eigenvalue weighted by Crippen LogP contribution is -2.31. The van der Waals surface area contributed by atoms with E-state index in [4.69, 9.17) is 0 Å². The second-order valence-electron chi connectivity index (χ2n) is 5.75. The molecule has 2 amide bonds. The van der Waals surface area contributed by atoms with Gasteiger partial charge in [-0.2, -0.15) is 0 Å². The lowest BCUT2D eigenvalue weighted by Gasteiger charge is -2.17. The molecule has 5 heteroatoms. The van der Waals surface area contributed by atoms with Gasteiger partial charge in [0, 0.05) is 31.7 Å². The van der Waals surface area contributed by atoms with Crippen LogP contribution < -0.4 is 10.2 Å². The lowest BCUT2D eigenvalue weighted by atomic mass is 10.2. The maximum atomic E-state index is 12.4. The molecule has 1 aliphatic carbocycles. The van der Waals surface area contributed by atoms with Crippen LogP contribution in [-0.2, 0) is 16.1 Å². The number of para-hydroxylation sites is 1. The molecule has 1 aromatic heterocycles. The average molecular weight is 309 g/mol. The number of anilines is 1. The van der Waals surface area contributed by atoms with Crippen LogP contribution in [-0.4, -0.2) is 23.8 Å². The van der Waals surface area contributed by atoms with Gasteiger partial charge in [-0.05, 0) is 36.2 Å². The van der Waals surface area contributed by atoms with Gasteiger partial charge in [-0.15, -0.1) is 0 Å². The van der Waals surface area contributed by atoms with Gasteiger partial charge in [-0.25, -0.2) is 0 Å². The van der Waals surface area contributed by atoms with E-state index in [1.54, 1.807) is 24.3 Å². The van der Waals surface area contributed by atoms with E-state index in [-0.39, 0.29) is 23.7 Å². The normalized spacial score (nSPS) is 19.0. The number of carbonyl (C=O) groups excluding carboxylic acids is 2. The summed E-state index contributed by atoms with van der Waals surface area (Å²) >= 11 is 0. The van der Waals surface area contributed by atoms with Crippen molar-refractivity contribution in [3.63, 3.8) is 0 Å². The van der Waals surface area contributed by atoms with Gasteiger partial charge in [0.25, 0.3) is 0 Å². The molecule has 2 aromatic rings. The predicted octanol–water partition coefficient (Wildman–Crippen LogP) is 2.00. The van der Waals surface area contributed by atoms with E-state index in [0.717, 1.165) is 11.3 Å². The van der Waals surface area contributed by atoms with Gasteiger partial charge in [0.15, 0.2) is 0 Å². The van der Waals surface area contributed by atoms with Crippen molar-refractivity contribution in [3.8, 4) is 0 Å². The molecule has 1 aliphatic rings. The molecule has 3 rings (SSSR count). The molecule has 1 saturated carbocycles. The van der Waals surface area contributed by atoms with Crippen molar-refractivity contribution in [3.05, 3.63) is 60.4 Å². The van der Waals surface area contributed by atoms with Crippen LogP contribution in [0.4, 0.5) is 5.69 Å². The van der Waals surface area contributed by atoms with Crippen LogP contribution in [0.15, 0.2) is 54.9 Å². The number of pyridine rings is 1. The minimum absolute atomic E-state index is 0.000242. The molecule has 0 radical (unpaired) electrons. The minimum atomic E-state index is -0.213. The zero-order valence-electron chi connectivity index (χ0n) is 13.0. The van der Waals surface area contributed by atoms with Gasteiger partial charge < -0.3 is 10.2 Å². The first-order valence-corrected chi connectivity index (χ1v) is 7.66. The summed E-state index contributed by atoms with van der Waals surface area (Å²) in [6.07, 6.45) is 4.01. The Bertz CT molecular complexity index is 688. The zero-order chi connectivity index (χ0) is 16.2. The Labute approximate surface area is 135 Å². The van der Waals surface area contributed by atoms with E-state index in [0.29, 0.717) is 13.0 Å². The molecule has 0 aliphatic heterocycles. The van der Waals surface area contributed by atoms with Gasteiger partial charge in [0.1, 0.15) is 0 Å². The van der Waals surface area contributed by atoms with E-state index < -0.39 is 0 Å². The maximum Gasteiger partial charge on any atom is 0.230 e. The largest absolute Gasteiger partial charge is 0.352 e. The third kappa shape index (κ3) is 3.56. The van der Waals surface area contributed by atoms with E-state index in [1.807, 2.05) is 42.5 Å². The molecule has 1 N–H and O–H groups in total. The fraction of sp³-hybridized carbons (Fsp3) is 0.278. The summed E-state index contributed by atoms with van der Waals surface area (Å²) in [4.78, 5) is 30.2. The monoisotopic (exact) mass is 309 g/mol. The number of carbonyl (C=O) groups is 2. The second kappa shape index (κ2) is 6.60. The van der Waals surface area contributed by atoms with Gasteiger partial charge >= 0.3 is 0 Å². The SMILES string of the molecule is CN(C(=O)C1CC1C(=O)NCc1ccncc1)c1ccccc1. The molecule has 23 heavy (non-hydrogen) atoms. The zero-order valence-corrected chi connectivity index (χ0v) is 13.0. The molecule has 1 fully saturated rings. The van der Waals surface area contributed by atoms with Gasteiger partial charge in [0.2, 0.25) is 11.8 Å². The molecular formula is C18H19N3O2. The summed E-state index contributed by atoms with van der Waals surface area (Å²) < 4.78 is 0. The van der Waals surface area contributed by atoms with Crippen LogP contribution >= 0.6 is 0 Å². The summed E-state index contributed by atoms with van der Waals surface area (Å²) in [6.45, 7) is 0.466. The van der Waals surface area contributed by atoms with Crippen molar-refractivity contribution < 1.29 is 9.59 Å². The van der Waals surface area contributed by atoms with E-state index in [2.05, 4.69) is 10.3 Å². The molecule has 0 spiro atoms. The fourth-order valence-corrected chi connectivity index (χ4v) is 2.61. The first-order chi connectivity index (χ1) is 11.2. The number of benzene rings is 1. The molecular weight excluding hydrogens is 290 g/mol. The Morgan fingerprint density at radius 3 is 2.52 bits per heavy atom. The van der Waals surface area contributed by atoms with E-state index >= 15 is 0 Å².